The number of aliphatic hydroxyl groups is 4. The molecule has 0 aliphatic carbocycles. The van der Waals surface area contributed by atoms with E-state index in [0.29, 0.717) is 0 Å². The summed E-state index contributed by atoms with van der Waals surface area (Å²) in [6.45, 7) is -1.60. The van der Waals surface area contributed by atoms with Crippen LogP contribution in [0, 0.1) is 0 Å². The Morgan fingerprint density at radius 3 is 2.56 bits per heavy atom. The van der Waals surface area contributed by atoms with Crippen molar-refractivity contribution in [2.24, 2.45) is 0 Å². The first-order valence-electron chi connectivity index (χ1n) is 4.69. The summed E-state index contributed by atoms with van der Waals surface area (Å²) in [6, 6.07) is 0. The molecule has 0 aromatic heterocycles. The summed E-state index contributed by atoms with van der Waals surface area (Å²) in [4.78, 5) is 10.4. The predicted molar refractivity (Wildman–Crippen MR) is 49.4 cm³/mol. The number of nitrogens with one attached hydrogen (secondary N) is 1. The Hall–Kier alpha value is -0.770. The van der Waals surface area contributed by atoms with Crippen molar-refractivity contribution in [3.63, 3.8) is 0 Å². The highest BCUT2D eigenvalue weighted by Crippen LogP contribution is 2.23. The van der Waals surface area contributed by atoms with E-state index in [0.717, 1.165) is 0 Å². The molecule has 0 radical (unpaired) electrons. The van der Waals surface area contributed by atoms with E-state index in [1.165, 1.54) is 0 Å². The fourth-order valence-electron chi connectivity index (χ4n) is 1.48. The van der Waals surface area contributed by atoms with Gasteiger partial charge < -0.3 is 30.3 Å². The number of aliphatic hydroxyl groups excluding tert-OH is 4. The van der Waals surface area contributed by atoms with Crippen molar-refractivity contribution in [1.82, 2.24) is 5.32 Å². The lowest BCUT2D eigenvalue weighted by molar-refractivity contribution is -0.258. The summed E-state index contributed by atoms with van der Waals surface area (Å²) < 4.78 is 4.98. The van der Waals surface area contributed by atoms with Gasteiger partial charge in [-0.25, -0.2) is 0 Å². The Morgan fingerprint density at radius 1 is 1.44 bits per heavy atom. The standard InChI is InChI=1S/C8H15NO7/c10-3-8(9-1-5(12)13)7(15)6(14)4(11)2-16-8/h4,6-7,9-11,14-15H,1-3H2,(H,12,13)/t4-,6-,7+,8-/m1/s1. The van der Waals surface area contributed by atoms with Crippen LogP contribution < -0.4 is 5.32 Å². The number of carboxylic acid groups (broad SMARTS) is 1. The minimum absolute atomic E-state index is 0.314. The van der Waals surface area contributed by atoms with Gasteiger partial charge in [-0.15, -0.1) is 0 Å². The van der Waals surface area contributed by atoms with Gasteiger partial charge in [-0.2, -0.15) is 0 Å². The Morgan fingerprint density at radius 2 is 2.06 bits per heavy atom. The second-order valence-electron chi connectivity index (χ2n) is 3.61. The molecule has 0 unspecified atom stereocenters. The quantitative estimate of drug-likeness (QED) is 0.295. The largest absolute Gasteiger partial charge is 0.480 e. The Bertz CT molecular complexity index is 261. The van der Waals surface area contributed by atoms with E-state index in [-0.39, 0.29) is 6.61 Å². The minimum Gasteiger partial charge on any atom is -0.480 e. The summed E-state index contributed by atoms with van der Waals surface area (Å²) in [6.07, 6.45) is -4.41. The first-order valence-corrected chi connectivity index (χ1v) is 4.69. The Balaban J connectivity index is 2.74. The lowest BCUT2D eigenvalue weighted by Crippen LogP contribution is -2.69. The molecule has 6 N–H and O–H groups in total. The van der Waals surface area contributed by atoms with Gasteiger partial charge in [-0.05, 0) is 0 Å². The zero-order chi connectivity index (χ0) is 12.3. The summed E-state index contributed by atoms with van der Waals surface area (Å²) in [7, 11) is 0. The molecule has 1 rings (SSSR count). The van der Waals surface area contributed by atoms with E-state index in [1.807, 2.05) is 0 Å². The molecular weight excluding hydrogens is 222 g/mol. The van der Waals surface area contributed by atoms with Crippen molar-refractivity contribution < 1.29 is 35.1 Å². The van der Waals surface area contributed by atoms with Crippen LogP contribution >= 0.6 is 0 Å². The third-order valence-corrected chi connectivity index (χ3v) is 2.48. The number of carboxylic acids is 1. The highest BCUT2D eigenvalue weighted by molar-refractivity contribution is 5.69. The summed E-state index contributed by atoms with van der Waals surface area (Å²) in [5, 5.41) is 48.1. The molecular formula is C8H15NO7. The van der Waals surface area contributed by atoms with E-state index in [1.54, 1.807) is 0 Å². The van der Waals surface area contributed by atoms with Crippen molar-refractivity contribution in [2.75, 3.05) is 19.8 Å². The molecule has 1 aliphatic heterocycles. The molecule has 4 atom stereocenters. The lowest BCUT2D eigenvalue weighted by atomic mass is 9.95. The van der Waals surface area contributed by atoms with Crippen LogP contribution in [-0.2, 0) is 9.53 Å². The molecule has 0 aromatic carbocycles. The van der Waals surface area contributed by atoms with Crippen LogP contribution in [0.25, 0.3) is 0 Å². The normalized spacial score (nSPS) is 39.6. The zero-order valence-electron chi connectivity index (χ0n) is 8.41. The molecule has 0 spiro atoms. The van der Waals surface area contributed by atoms with Crippen molar-refractivity contribution in [2.45, 2.75) is 24.0 Å². The second-order valence-corrected chi connectivity index (χ2v) is 3.61. The van der Waals surface area contributed by atoms with Crippen LogP contribution in [0.15, 0.2) is 0 Å². The van der Waals surface area contributed by atoms with Crippen LogP contribution in [0.3, 0.4) is 0 Å². The molecule has 1 aliphatic rings. The highest BCUT2D eigenvalue weighted by Gasteiger charge is 2.49. The first-order chi connectivity index (χ1) is 7.43. The average Bonchev–Trinajstić information content (AvgIpc) is 2.26. The van der Waals surface area contributed by atoms with E-state index < -0.39 is 43.2 Å². The zero-order valence-corrected chi connectivity index (χ0v) is 8.41. The van der Waals surface area contributed by atoms with Gasteiger partial charge in [-0.3, -0.25) is 10.1 Å². The minimum atomic E-state index is -1.77. The van der Waals surface area contributed by atoms with Crippen LogP contribution in [0.1, 0.15) is 0 Å². The van der Waals surface area contributed by atoms with Crippen molar-refractivity contribution in [3.05, 3.63) is 0 Å². The lowest BCUT2D eigenvalue weighted by Gasteiger charge is -2.44. The summed E-state index contributed by atoms with van der Waals surface area (Å²) in [5.74, 6) is -1.20. The van der Waals surface area contributed by atoms with Gasteiger partial charge in [0.1, 0.15) is 18.3 Å². The number of ether oxygens (including phenoxy) is 1. The van der Waals surface area contributed by atoms with Crippen molar-refractivity contribution in [3.8, 4) is 0 Å². The van der Waals surface area contributed by atoms with Gasteiger partial charge in [0.2, 0.25) is 0 Å². The molecule has 8 heteroatoms. The molecule has 1 fully saturated rings. The molecule has 94 valence electrons. The summed E-state index contributed by atoms with van der Waals surface area (Å²) >= 11 is 0. The van der Waals surface area contributed by atoms with E-state index in [4.69, 9.17) is 14.9 Å². The smallest absolute Gasteiger partial charge is 0.317 e. The van der Waals surface area contributed by atoms with Gasteiger partial charge in [0.05, 0.1) is 19.8 Å². The van der Waals surface area contributed by atoms with Gasteiger partial charge in [0, 0.05) is 0 Å². The second kappa shape index (κ2) is 5.04. The Labute approximate surface area is 91.1 Å². The van der Waals surface area contributed by atoms with Gasteiger partial charge in [-0.1, -0.05) is 0 Å². The fraction of sp³-hybridized carbons (Fsp3) is 0.875. The van der Waals surface area contributed by atoms with E-state index in [9.17, 15) is 20.1 Å². The molecule has 0 amide bonds. The Kier molecular flexibility index (Phi) is 4.19. The molecule has 1 saturated heterocycles. The van der Waals surface area contributed by atoms with Gasteiger partial charge in [0.25, 0.3) is 0 Å². The maximum Gasteiger partial charge on any atom is 0.317 e. The van der Waals surface area contributed by atoms with E-state index >= 15 is 0 Å². The van der Waals surface area contributed by atoms with Crippen LogP contribution in [0.4, 0.5) is 0 Å². The average molecular weight is 237 g/mol. The summed E-state index contributed by atoms with van der Waals surface area (Å²) in [5.41, 5.74) is -1.77. The number of hydrogen-bond donors (Lipinski definition) is 6. The number of rotatable bonds is 4. The third kappa shape index (κ3) is 2.48. The maximum absolute atomic E-state index is 10.4. The SMILES string of the molecule is O=C(O)CN[C@]1(CO)OC[C@@H](O)[C@@H](O)[C@@H]1O. The molecule has 8 nitrogen and oxygen atoms in total. The fourth-order valence-corrected chi connectivity index (χ4v) is 1.48. The number of hydrogen-bond acceptors (Lipinski definition) is 7. The maximum atomic E-state index is 10.4. The molecule has 1 heterocycles. The third-order valence-electron chi connectivity index (χ3n) is 2.48. The van der Waals surface area contributed by atoms with E-state index in [2.05, 4.69) is 5.32 Å². The van der Waals surface area contributed by atoms with Crippen LogP contribution in [0.5, 0.6) is 0 Å². The topological polar surface area (TPSA) is 139 Å². The molecule has 0 saturated carbocycles. The van der Waals surface area contributed by atoms with Crippen molar-refractivity contribution in [1.29, 1.82) is 0 Å². The first kappa shape index (κ1) is 13.3. The highest BCUT2D eigenvalue weighted by atomic mass is 16.6. The van der Waals surface area contributed by atoms with Crippen LogP contribution in [0.2, 0.25) is 0 Å². The predicted octanol–water partition coefficient (Wildman–Crippen LogP) is -3.54. The molecule has 0 aromatic rings. The molecule has 0 bridgehead atoms. The van der Waals surface area contributed by atoms with Crippen molar-refractivity contribution >= 4 is 5.97 Å². The number of aliphatic carboxylic acids is 1. The monoisotopic (exact) mass is 237 g/mol. The number of carbonyl (C=O) groups is 1. The van der Waals surface area contributed by atoms with Crippen LogP contribution in [-0.4, -0.2) is 75.3 Å². The van der Waals surface area contributed by atoms with Gasteiger partial charge in [0.15, 0.2) is 5.72 Å². The van der Waals surface area contributed by atoms with Gasteiger partial charge >= 0.3 is 5.97 Å². The molecule has 16 heavy (non-hydrogen) atoms.